The Morgan fingerprint density at radius 1 is 1.43 bits per heavy atom. The fourth-order valence-corrected chi connectivity index (χ4v) is 2.46. The Morgan fingerprint density at radius 3 is 2.52 bits per heavy atom. The van der Waals surface area contributed by atoms with Crippen LogP contribution < -0.4 is 0 Å². The molecule has 0 aromatic carbocycles. The third-order valence-corrected chi connectivity index (χ3v) is 3.55. The molecule has 1 rings (SSSR count). The minimum atomic E-state index is -0.726. The summed E-state index contributed by atoms with van der Waals surface area (Å²) in [5.41, 5.74) is 2.36. The van der Waals surface area contributed by atoms with Gasteiger partial charge >= 0.3 is 5.97 Å². The SMILES string of the molecule is CC(C)N(CCCC(=O)O)Cc1cn(C)nc1C(C)(C)C. The maximum Gasteiger partial charge on any atom is 0.303 e. The Balaban J connectivity index is 2.82. The molecule has 0 atom stereocenters. The lowest BCUT2D eigenvalue weighted by atomic mass is 9.89. The first-order valence-electron chi connectivity index (χ1n) is 7.60. The molecule has 1 N–H and O–H groups in total. The molecule has 0 fully saturated rings. The second-order valence-electron chi connectivity index (χ2n) is 6.99. The summed E-state index contributed by atoms with van der Waals surface area (Å²) in [7, 11) is 1.95. The van der Waals surface area contributed by atoms with Crippen molar-refractivity contribution in [1.82, 2.24) is 14.7 Å². The van der Waals surface area contributed by atoms with E-state index in [9.17, 15) is 4.79 Å². The molecule has 0 saturated heterocycles. The molecule has 0 spiro atoms. The summed E-state index contributed by atoms with van der Waals surface area (Å²) >= 11 is 0. The molecular formula is C16H29N3O2. The van der Waals surface area contributed by atoms with E-state index < -0.39 is 5.97 Å². The van der Waals surface area contributed by atoms with Gasteiger partial charge in [0, 0.05) is 43.2 Å². The minimum absolute atomic E-state index is 0.0142. The second-order valence-corrected chi connectivity index (χ2v) is 6.99. The fourth-order valence-electron chi connectivity index (χ4n) is 2.46. The highest BCUT2D eigenvalue weighted by molar-refractivity contribution is 5.66. The number of hydrogen-bond donors (Lipinski definition) is 1. The number of nitrogens with zero attached hydrogens (tertiary/aromatic N) is 3. The largest absolute Gasteiger partial charge is 0.481 e. The first kappa shape index (κ1) is 17.7. The number of hydrogen-bond acceptors (Lipinski definition) is 3. The molecular weight excluding hydrogens is 266 g/mol. The first-order chi connectivity index (χ1) is 9.61. The Morgan fingerprint density at radius 2 is 2.05 bits per heavy atom. The molecule has 0 radical (unpaired) electrons. The Kier molecular flexibility index (Phi) is 5.96. The number of aryl methyl sites for hydroxylation is 1. The molecule has 21 heavy (non-hydrogen) atoms. The van der Waals surface area contributed by atoms with Crippen molar-refractivity contribution in [2.24, 2.45) is 7.05 Å². The van der Waals surface area contributed by atoms with E-state index in [2.05, 4.69) is 50.8 Å². The minimum Gasteiger partial charge on any atom is -0.481 e. The predicted octanol–water partition coefficient (Wildman–Crippen LogP) is 2.79. The predicted molar refractivity (Wildman–Crippen MR) is 84.3 cm³/mol. The fraction of sp³-hybridized carbons (Fsp3) is 0.750. The van der Waals surface area contributed by atoms with Gasteiger partial charge < -0.3 is 5.11 Å². The molecule has 1 aromatic heterocycles. The number of rotatable bonds is 7. The summed E-state index contributed by atoms with van der Waals surface area (Å²) in [5, 5.41) is 13.4. The second kappa shape index (κ2) is 7.07. The van der Waals surface area contributed by atoms with Gasteiger partial charge in [0.2, 0.25) is 0 Å². The third kappa shape index (κ3) is 5.50. The van der Waals surface area contributed by atoms with Crippen molar-refractivity contribution in [2.75, 3.05) is 6.54 Å². The van der Waals surface area contributed by atoms with Crippen molar-refractivity contribution in [3.05, 3.63) is 17.5 Å². The van der Waals surface area contributed by atoms with Gasteiger partial charge in [-0.3, -0.25) is 14.4 Å². The maximum atomic E-state index is 10.7. The number of carboxylic acid groups (broad SMARTS) is 1. The standard InChI is InChI=1S/C16H29N3O2/c1-12(2)19(9-7-8-14(20)21)11-13-10-18(6)17-15(13)16(3,4)5/h10,12H,7-9,11H2,1-6H3,(H,20,21). The lowest BCUT2D eigenvalue weighted by molar-refractivity contribution is -0.137. The van der Waals surface area contributed by atoms with Crippen LogP contribution in [0.15, 0.2) is 6.20 Å². The van der Waals surface area contributed by atoms with Crippen LogP contribution in [0.1, 0.15) is 58.7 Å². The average Bonchev–Trinajstić information content (AvgIpc) is 2.68. The molecule has 0 aliphatic carbocycles. The molecule has 1 aromatic rings. The highest BCUT2D eigenvalue weighted by Crippen LogP contribution is 2.25. The topological polar surface area (TPSA) is 58.4 Å². The van der Waals surface area contributed by atoms with Crippen molar-refractivity contribution >= 4 is 5.97 Å². The van der Waals surface area contributed by atoms with Crippen LogP contribution in [0.5, 0.6) is 0 Å². The summed E-state index contributed by atoms with van der Waals surface area (Å²) in [6.07, 6.45) is 2.98. The smallest absolute Gasteiger partial charge is 0.303 e. The zero-order chi connectivity index (χ0) is 16.2. The summed E-state index contributed by atoms with van der Waals surface area (Å²) in [6.45, 7) is 12.4. The highest BCUT2D eigenvalue weighted by Gasteiger charge is 2.23. The molecule has 0 aliphatic rings. The average molecular weight is 295 g/mol. The molecule has 0 saturated carbocycles. The normalized spacial score (nSPS) is 12.4. The number of aromatic nitrogens is 2. The van der Waals surface area contributed by atoms with Crippen molar-refractivity contribution in [3.63, 3.8) is 0 Å². The van der Waals surface area contributed by atoms with Crippen LogP contribution in [-0.4, -0.2) is 38.3 Å². The summed E-state index contributed by atoms with van der Waals surface area (Å²) < 4.78 is 1.87. The van der Waals surface area contributed by atoms with E-state index >= 15 is 0 Å². The molecule has 120 valence electrons. The van der Waals surface area contributed by atoms with Gasteiger partial charge in [-0.15, -0.1) is 0 Å². The Labute approximate surface area is 127 Å². The molecule has 5 nitrogen and oxygen atoms in total. The van der Waals surface area contributed by atoms with E-state index in [1.807, 2.05) is 11.7 Å². The monoisotopic (exact) mass is 295 g/mol. The van der Waals surface area contributed by atoms with Crippen molar-refractivity contribution in [1.29, 1.82) is 0 Å². The van der Waals surface area contributed by atoms with Crippen molar-refractivity contribution in [3.8, 4) is 0 Å². The van der Waals surface area contributed by atoms with Crippen LogP contribution in [0.25, 0.3) is 0 Å². The van der Waals surface area contributed by atoms with Crippen LogP contribution in [0, 0.1) is 0 Å². The van der Waals surface area contributed by atoms with E-state index in [1.54, 1.807) is 0 Å². The lowest BCUT2D eigenvalue weighted by Gasteiger charge is -2.27. The van der Waals surface area contributed by atoms with Gasteiger partial charge in [0.05, 0.1) is 5.69 Å². The van der Waals surface area contributed by atoms with Gasteiger partial charge in [-0.05, 0) is 26.8 Å². The molecule has 0 unspecified atom stereocenters. The van der Waals surface area contributed by atoms with Gasteiger partial charge in [-0.25, -0.2) is 0 Å². The molecule has 5 heteroatoms. The summed E-state index contributed by atoms with van der Waals surface area (Å²) in [6, 6.07) is 0.381. The van der Waals surface area contributed by atoms with E-state index in [4.69, 9.17) is 5.11 Å². The number of aliphatic carboxylic acids is 1. The van der Waals surface area contributed by atoms with Gasteiger partial charge in [0.15, 0.2) is 0 Å². The van der Waals surface area contributed by atoms with E-state index in [0.717, 1.165) is 18.8 Å². The van der Waals surface area contributed by atoms with Crippen LogP contribution in [-0.2, 0) is 23.8 Å². The van der Waals surface area contributed by atoms with Gasteiger partial charge in [-0.1, -0.05) is 20.8 Å². The highest BCUT2D eigenvalue weighted by atomic mass is 16.4. The molecule has 1 heterocycles. The van der Waals surface area contributed by atoms with Gasteiger partial charge in [-0.2, -0.15) is 5.10 Å². The third-order valence-electron chi connectivity index (χ3n) is 3.55. The number of carboxylic acids is 1. The quantitative estimate of drug-likeness (QED) is 0.840. The van der Waals surface area contributed by atoms with Crippen molar-refractivity contribution in [2.45, 2.75) is 65.5 Å². The zero-order valence-electron chi connectivity index (χ0n) is 14.2. The van der Waals surface area contributed by atoms with E-state index in [-0.39, 0.29) is 11.8 Å². The molecule has 0 bridgehead atoms. The molecule has 0 aliphatic heterocycles. The van der Waals surface area contributed by atoms with Crippen LogP contribution in [0.3, 0.4) is 0 Å². The van der Waals surface area contributed by atoms with Crippen LogP contribution >= 0.6 is 0 Å². The molecule has 0 amide bonds. The van der Waals surface area contributed by atoms with Crippen LogP contribution in [0.4, 0.5) is 0 Å². The van der Waals surface area contributed by atoms with E-state index in [1.165, 1.54) is 5.56 Å². The maximum absolute atomic E-state index is 10.7. The summed E-state index contributed by atoms with van der Waals surface area (Å²) in [4.78, 5) is 13.0. The van der Waals surface area contributed by atoms with Gasteiger partial charge in [0.25, 0.3) is 0 Å². The lowest BCUT2D eigenvalue weighted by Crippen LogP contribution is -2.32. The van der Waals surface area contributed by atoms with E-state index in [0.29, 0.717) is 12.5 Å². The zero-order valence-corrected chi connectivity index (χ0v) is 14.2. The Hall–Kier alpha value is -1.36. The Bertz CT molecular complexity index is 472. The number of carbonyl (C=O) groups is 1. The first-order valence-corrected chi connectivity index (χ1v) is 7.60. The van der Waals surface area contributed by atoms with Crippen LogP contribution in [0.2, 0.25) is 0 Å². The van der Waals surface area contributed by atoms with Gasteiger partial charge in [0.1, 0.15) is 0 Å². The van der Waals surface area contributed by atoms with Crippen molar-refractivity contribution < 1.29 is 9.90 Å². The summed E-state index contributed by atoms with van der Waals surface area (Å²) in [5.74, 6) is -0.726.